The summed E-state index contributed by atoms with van der Waals surface area (Å²) in [4.78, 5) is 23.6. The summed E-state index contributed by atoms with van der Waals surface area (Å²) in [5, 5.41) is 5.96. The molecular formula is C16H21ClN2O3. The molecule has 1 aliphatic carbocycles. The summed E-state index contributed by atoms with van der Waals surface area (Å²) in [6.07, 6.45) is 5.18. The third kappa shape index (κ3) is 5.00. The molecule has 2 rings (SSSR count). The summed E-state index contributed by atoms with van der Waals surface area (Å²) in [7, 11) is 1.45. The van der Waals surface area contributed by atoms with Gasteiger partial charge in [-0.25, -0.2) is 0 Å². The van der Waals surface area contributed by atoms with Crippen LogP contribution >= 0.6 is 11.6 Å². The second-order valence-corrected chi connectivity index (χ2v) is 5.99. The minimum Gasteiger partial charge on any atom is -0.375 e. The molecule has 0 heterocycles. The van der Waals surface area contributed by atoms with Gasteiger partial charge in [-0.2, -0.15) is 0 Å². The molecule has 6 heteroatoms. The molecule has 0 spiro atoms. The van der Waals surface area contributed by atoms with E-state index < -0.39 is 0 Å². The fraction of sp³-hybridized carbons (Fsp3) is 0.500. The fourth-order valence-electron chi connectivity index (χ4n) is 2.70. The first-order valence-electron chi connectivity index (χ1n) is 7.46. The normalized spacial score (nSPS) is 14.8. The van der Waals surface area contributed by atoms with Crippen LogP contribution in [0.4, 0.5) is 11.4 Å². The molecule has 2 amide bonds. The van der Waals surface area contributed by atoms with Gasteiger partial charge in [-0.3, -0.25) is 9.59 Å². The average Bonchev–Trinajstić information content (AvgIpc) is 2.95. The molecule has 5 nitrogen and oxygen atoms in total. The van der Waals surface area contributed by atoms with Gasteiger partial charge in [0.2, 0.25) is 11.8 Å². The molecule has 0 bridgehead atoms. The molecule has 22 heavy (non-hydrogen) atoms. The van der Waals surface area contributed by atoms with Crippen molar-refractivity contribution in [2.24, 2.45) is 5.92 Å². The number of carbonyl (C=O) groups is 2. The summed E-state index contributed by atoms with van der Waals surface area (Å²) in [6, 6.07) is 4.99. The van der Waals surface area contributed by atoms with Gasteiger partial charge < -0.3 is 15.4 Å². The van der Waals surface area contributed by atoms with Crippen molar-refractivity contribution in [1.82, 2.24) is 0 Å². The minimum atomic E-state index is -0.256. The van der Waals surface area contributed by atoms with Crippen molar-refractivity contribution in [3.63, 3.8) is 0 Å². The predicted octanol–water partition coefficient (Wildman–Crippen LogP) is 3.44. The molecule has 1 aliphatic rings. The number of halogens is 1. The molecule has 1 aromatic rings. The van der Waals surface area contributed by atoms with Crippen LogP contribution < -0.4 is 10.6 Å². The number of rotatable bonds is 6. The van der Waals surface area contributed by atoms with Crippen LogP contribution in [-0.4, -0.2) is 25.5 Å². The van der Waals surface area contributed by atoms with E-state index in [-0.39, 0.29) is 18.4 Å². The van der Waals surface area contributed by atoms with Crippen molar-refractivity contribution in [2.75, 3.05) is 24.4 Å². The lowest BCUT2D eigenvalue weighted by atomic mass is 10.0. The third-order valence-corrected chi connectivity index (χ3v) is 4.08. The fourth-order valence-corrected chi connectivity index (χ4v) is 2.87. The summed E-state index contributed by atoms with van der Waals surface area (Å²) in [5.41, 5.74) is 1.09. The molecular weight excluding hydrogens is 304 g/mol. The van der Waals surface area contributed by atoms with Crippen LogP contribution in [0.3, 0.4) is 0 Å². The van der Waals surface area contributed by atoms with E-state index in [2.05, 4.69) is 10.6 Å². The second kappa shape index (κ2) is 8.15. The second-order valence-electron chi connectivity index (χ2n) is 5.58. The third-order valence-electron chi connectivity index (χ3n) is 3.75. The zero-order valence-electron chi connectivity index (χ0n) is 12.7. The number of amides is 2. The van der Waals surface area contributed by atoms with Crippen LogP contribution in [0.1, 0.15) is 32.1 Å². The van der Waals surface area contributed by atoms with E-state index in [4.69, 9.17) is 16.3 Å². The van der Waals surface area contributed by atoms with E-state index in [0.29, 0.717) is 28.7 Å². The van der Waals surface area contributed by atoms with Gasteiger partial charge in [0.25, 0.3) is 0 Å². The van der Waals surface area contributed by atoms with Crippen molar-refractivity contribution in [2.45, 2.75) is 32.1 Å². The molecule has 0 aliphatic heterocycles. The number of hydrogen-bond acceptors (Lipinski definition) is 3. The van der Waals surface area contributed by atoms with E-state index in [1.807, 2.05) is 0 Å². The van der Waals surface area contributed by atoms with E-state index in [9.17, 15) is 9.59 Å². The van der Waals surface area contributed by atoms with Gasteiger partial charge in [0.05, 0.1) is 10.7 Å². The SMILES string of the molecule is COCC(=O)Nc1ccc(Cl)c(NC(=O)CC2CCCC2)c1. The van der Waals surface area contributed by atoms with Crippen molar-refractivity contribution < 1.29 is 14.3 Å². The van der Waals surface area contributed by atoms with Gasteiger partial charge in [-0.1, -0.05) is 24.4 Å². The Kier molecular flexibility index (Phi) is 6.21. The first-order valence-corrected chi connectivity index (χ1v) is 7.84. The lowest BCUT2D eigenvalue weighted by molar-refractivity contribution is -0.119. The summed E-state index contributed by atoms with van der Waals surface area (Å²) in [6.45, 7) is -0.0218. The van der Waals surface area contributed by atoms with Crippen LogP contribution in [0, 0.1) is 5.92 Å². The Morgan fingerprint density at radius 3 is 2.64 bits per heavy atom. The Morgan fingerprint density at radius 1 is 1.23 bits per heavy atom. The highest BCUT2D eigenvalue weighted by molar-refractivity contribution is 6.33. The smallest absolute Gasteiger partial charge is 0.250 e. The van der Waals surface area contributed by atoms with Crippen LogP contribution in [0.2, 0.25) is 5.02 Å². The maximum Gasteiger partial charge on any atom is 0.250 e. The first-order chi connectivity index (χ1) is 10.6. The summed E-state index contributed by atoms with van der Waals surface area (Å²) >= 11 is 6.10. The van der Waals surface area contributed by atoms with Crippen LogP contribution in [-0.2, 0) is 14.3 Å². The molecule has 0 atom stereocenters. The number of carbonyl (C=O) groups excluding carboxylic acids is 2. The largest absolute Gasteiger partial charge is 0.375 e. The van der Waals surface area contributed by atoms with E-state index >= 15 is 0 Å². The maximum absolute atomic E-state index is 12.1. The van der Waals surface area contributed by atoms with Crippen molar-refractivity contribution in [3.8, 4) is 0 Å². The van der Waals surface area contributed by atoms with Gasteiger partial charge in [0.1, 0.15) is 6.61 Å². The van der Waals surface area contributed by atoms with Crippen LogP contribution in [0.25, 0.3) is 0 Å². The number of benzene rings is 1. The quantitative estimate of drug-likeness (QED) is 0.842. The molecule has 1 saturated carbocycles. The summed E-state index contributed by atoms with van der Waals surface area (Å²) in [5.74, 6) is 0.186. The molecule has 0 unspecified atom stereocenters. The standard InChI is InChI=1S/C16H21ClN2O3/c1-22-10-16(21)18-12-6-7-13(17)14(9-12)19-15(20)8-11-4-2-3-5-11/h6-7,9,11H,2-5,8,10H2,1H3,(H,18,21)(H,19,20). The highest BCUT2D eigenvalue weighted by Crippen LogP contribution is 2.29. The maximum atomic E-state index is 12.1. The van der Waals surface area contributed by atoms with Gasteiger partial charge >= 0.3 is 0 Å². The molecule has 120 valence electrons. The first kappa shape index (κ1) is 16.8. The number of hydrogen-bond donors (Lipinski definition) is 2. The van der Waals surface area contributed by atoms with Crippen molar-refractivity contribution in [3.05, 3.63) is 23.2 Å². The highest BCUT2D eigenvalue weighted by atomic mass is 35.5. The monoisotopic (exact) mass is 324 g/mol. The topological polar surface area (TPSA) is 67.4 Å². The molecule has 1 fully saturated rings. The highest BCUT2D eigenvalue weighted by Gasteiger charge is 2.19. The average molecular weight is 325 g/mol. The van der Waals surface area contributed by atoms with Crippen molar-refractivity contribution in [1.29, 1.82) is 0 Å². The lowest BCUT2D eigenvalue weighted by Crippen LogP contribution is -2.18. The van der Waals surface area contributed by atoms with Crippen LogP contribution in [0.15, 0.2) is 18.2 Å². The van der Waals surface area contributed by atoms with Crippen molar-refractivity contribution >= 4 is 34.8 Å². The molecule has 0 saturated heterocycles. The Hall–Kier alpha value is -1.59. The van der Waals surface area contributed by atoms with Crippen LogP contribution in [0.5, 0.6) is 0 Å². The van der Waals surface area contributed by atoms with E-state index in [1.54, 1.807) is 18.2 Å². The van der Waals surface area contributed by atoms with Gasteiger partial charge in [0.15, 0.2) is 0 Å². The number of methoxy groups -OCH3 is 1. The zero-order valence-corrected chi connectivity index (χ0v) is 13.4. The van der Waals surface area contributed by atoms with E-state index in [1.165, 1.54) is 20.0 Å². The Balaban J connectivity index is 1.96. The predicted molar refractivity (Wildman–Crippen MR) is 87.2 cm³/mol. The van der Waals surface area contributed by atoms with Gasteiger partial charge in [0, 0.05) is 19.2 Å². The lowest BCUT2D eigenvalue weighted by Gasteiger charge is -2.12. The molecule has 1 aromatic carbocycles. The molecule has 2 N–H and O–H groups in total. The Bertz CT molecular complexity index is 542. The number of anilines is 2. The molecule has 0 aromatic heterocycles. The number of ether oxygens (including phenoxy) is 1. The Morgan fingerprint density at radius 2 is 1.95 bits per heavy atom. The minimum absolute atomic E-state index is 0.0218. The Labute approximate surface area is 135 Å². The van der Waals surface area contributed by atoms with E-state index in [0.717, 1.165) is 12.8 Å². The van der Waals surface area contributed by atoms with Gasteiger partial charge in [-0.15, -0.1) is 0 Å². The molecule has 0 radical (unpaired) electrons. The zero-order chi connectivity index (χ0) is 15.9. The van der Waals surface area contributed by atoms with Gasteiger partial charge in [-0.05, 0) is 37.0 Å². The summed E-state index contributed by atoms with van der Waals surface area (Å²) < 4.78 is 4.76. The number of nitrogens with one attached hydrogen (secondary N) is 2.